The number of rotatable bonds is 6. The molecule has 0 spiro atoms. The molecule has 19 heavy (non-hydrogen) atoms. The van der Waals surface area contributed by atoms with Gasteiger partial charge >= 0.3 is 0 Å². The van der Waals surface area contributed by atoms with E-state index in [9.17, 15) is 0 Å². The Hall–Kier alpha value is -1.02. The topological polar surface area (TPSA) is 21.3 Å². The minimum atomic E-state index is 0.369. The van der Waals surface area contributed by atoms with Gasteiger partial charge in [-0.1, -0.05) is 38.3 Å². The van der Waals surface area contributed by atoms with Crippen LogP contribution >= 0.6 is 0 Å². The van der Waals surface area contributed by atoms with Crippen LogP contribution in [-0.4, -0.2) is 19.3 Å². The zero-order chi connectivity index (χ0) is 13.5. The monoisotopic (exact) mass is 261 g/mol. The number of aryl methyl sites for hydroxylation is 1. The Labute approximate surface area is 117 Å². The normalized spacial score (nSPS) is 23.3. The molecule has 2 atom stereocenters. The molecular weight excluding hydrogens is 234 g/mol. The van der Waals surface area contributed by atoms with Gasteiger partial charge < -0.3 is 10.1 Å². The van der Waals surface area contributed by atoms with E-state index in [2.05, 4.69) is 36.5 Å². The van der Waals surface area contributed by atoms with Crippen molar-refractivity contribution in [3.63, 3.8) is 0 Å². The fourth-order valence-corrected chi connectivity index (χ4v) is 2.91. The van der Waals surface area contributed by atoms with Crippen LogP contribution in [0.2, 0.25) is 0 Å². The summed E-state index contributed by atoms with van der Waals surface area (Å²) in [5, 5.41) is 3.64. The molecule has 1 saturated carbocycles. The first kappa shape index (κ1) is 14.4. The van der Waals surface area contributed by atoms with Crippen molar-refractivity contribution < 1.29 is 4.74 Å². The van der Waals surface area contributed by atoms with Crippen molar-refractivity contribution in [3.05, 3.63) is 29.8 Å². The molecule has 0 radical (unpaired) electrons. The van der Waals surface area contributed by atoms with Crippen molar-refractivity contribution in [1.82, 2.24) is 0 Å². The first-order chi connectivity index (χ1) is 9.33. The van der Waals surface area contributed by atoms with Gasteiger partial charge in [-0.2, -0.15) is 0 Å². The highest BCUT2D eigenvalue weighted by atomic mass is 16.5. The molecule has 0 aromatic heterocycles. The maximum absolute atomic E-state index is 5.59. The van der Waals surface area contributed by atoms with E-state index in [0.717, 1.165) is 0 Å². The molecule has 2 heteroatoms. The third kappa shape index (κ3) is 4.24. The number of nitrogens with one attached hydrogen (secondary N) is 1. The van der Waals surface area contributed by atoms with E-state index >= 15 is 0 Å². The molecule has 1 N–H and O–H groups in total. The molecular formula is C17H27NO. The minimum Gasteiger partial charge on any atom is -0.380 e. The second-order valence-corrected chi connectivity index (χ2v) is 5.61. The summed E-state index contributed by atoms with van der Waals surface area (Å²) in [6.45, 7) is 2.24. The second kappa shape index (κ2) is 7.54. The molecule has 1 aromatic carbocycles. The van der Waals surface area contributed by atoms with Crippen molar-refractivity contribution in [2.45, 2.75) is 64.0 Å². The molecule has 1 aliphatic carbocycles. The lowest BCUT2D eigenvalue weighted by molar-refractivity contribution is 0.0606. The Balaban J connectivity index is 1.90. The first-order valence-electron chi connectivity index (χ1n) is 7.71. The van der Waals surface area contributed by atoms with Crippen molar-refractivity contribution >= 4 is 5.69 Å². The van der Waals surface area contributed by atoms with Crippen LogP contribution < -0.4 is 5.32 Å². The van der Waals surface area contributed by atoms with Gasteiger partial charge in [0, 0.05) is 12.8 Å². The molecule has 0 saturated heterocycles. The quantitative estimate of drug-likeness (QED) is 0.819. The summed E-state index contributed by atoms with van der Waals surface area (Å²) in [6, 6.07) is 9.41. The van der Waals surface area contributed by atoms with Gasteiger partial charge in [0.15, 0.2) is 0 Å². The zero-order valence-corrected chi connectivity index (χ0v) is 12.3. The molecule has 2 nitrogen and oxygen atoms in total. The van der Waals surface area contributed by atoms with Crippen LogP contribution in [0.25, 0.3) is 0 Å². The van der Waals surface area contributed by atoms with Gasteiger partial charge in [-0.3, -0.25) is 0 Å². The van der Waals surface area contributed by atoms with E-state index in [4.69, 9.17) is 4.74 Å². The number of unbranched alkanes of at least 4 members (excludes halogenated alkanes) is 1. The summed E-state index contributed by atoms with van der Waals surface area (Å²) in [6.07, 6.45) is 9.12. The maximum atomic E-state index is 5.59. The Morgan fingerprint density at radius 1 is 1.16 bits per heavy atom. The van der Waals surface area contributed by atoms with Crippen LogP contribution in [0.3, 0.4) is 0 Å². The Morgan fingerprint density at radius 2 is 1.89 bits per heavy atom. The van der Waals surface area contributed by atoms with Crippen molar-refractivity contribution in [2.75, 3.05) is 12.4 Å². The number of hydrogen-bond donors (Lipinski definition) is 1. The van der Waals surface area contributed by atoms with Crippen LogP contribution in [-0.2, 0) is 11.2 Å². The smallest absolute Gasteiger partial charge is 0.0772 e. The lowest BCUT2D eigenvalue weighted by atomic mass is 9.92. The molecule has 0 heterocycles. The molecule has 106 valence electrons. The average Bonchev–Trinajstić information content (AvgIpc) is 2.47. The lowest BCUT2D eigenvalue weighted by Gasteiger charge is -2.31. The summed E-state index contributed by atoms with van der Waals surface area (Å²) in [5.41, 5.74) is 2.67. The Bertz CT molecular complexity index is 360. The van der Waals surface area contributed by atoms with Crippen molar-refractivity contribution in [1.29, 1.82) is 0 Å². The highest BCUT2D eigenvalue weighted by Gasteiger charge is 2.24. The largest absolute Gasteiger partial charge is 0.380 e. The van der Waals surface area contributed by atoms with Gasteiger partial charge in [0.1, 0.15) is 0 Å². The summed E-state index contributed by atoms with van der Waals surface area (Å²) in [7, 11) is 1.83. The van der Waals surface area contributed by atoms with Crippen LogP contribution in [0.5, 0.6) is 0 Å². The maximum Gasteiger partial charge on any atom is 0.0772 e. The third-order valence-electron chi connectivity index (χ3n) is 4.13. The van der Waals surface area contributed by atoms with Crippen LogP contribution in [0, 0.1) is 0 Å². The number of benzene rings is 1. The van der Waals surface area contributed by atoms with E-state index < -0.39 is 0 Å². The van der Waals surface area contributed by atoms with Crippen molar-refractivity contribution in [2.24, 2.45) is 0 Å². The molecule has 1 aliphatic rings. The summed E-state index contributed by atoms with van der Waals surface area (Å²) >= 11 is 0. The van der Waals surface area contributed by atoms with Gasteiger partial charge in [0.25, 0.3) is 0 Å². The van der Waals surface area contributed by atoms with Gasteiger partial charge in [-0.05, 0) is 43.4 Å². The lowest BCUT2D eigenvalue weighted by Crippen LogP contribution is -2.37. The van der Waals surface area contributed by atoms with E-state index in [1.54, 1.807) is 0 Å². The molecule has 0 bridgehead atoms. The number of ether oxygens (including phenoxy) is 1. The summed E-state index contributed by atoms with van der Waals surface area (Å²) in [4.78, 5) is 0. The standard InChI is InChI=1S/C17H27NO/c1-3-4-7-14-10-12-15(13-11-14)18-16-8-5-6-9-17(16)19-2/h10-13,16-18H,3-9H2,1-2H3. The second-order valence-electron chi connectivity index (χ2n) is 5.61. The van der Waals surface area contributed by atoms with E-state index in [1.165, 1.54) is 56.2 Å². The fourth-order valence-electron chi connectivity index (χ4n) is 2.91. The van der Waals surface area contributed by atoms with Gasteiger partial charge in [-0.25, -0.2) is 0 Å². The summed E-state index contributed by atoms with van der Waals surface area (Å²) in [5.74, 6) is 0. The molecule has 2 unspecified atom stereocenters. The molecule has 0 aliphatic heterocycles. The van der Waals surface area contributed by atoms with E-state index in [1.807, 2.05) is 7.11 Å². The van der Waals surface area contributed by atoms with Crippen LogP contribution in [0.1, 0.15) is 51.0 Å². The highest BCUT2D eigenvalue weighted by Crippen LogP contribution is 2.24. The van der Waals surface area contributed by atoms with Gasteiger partial charge in [0.2, 0.25) is 0 Å². The Kier molecular flexibility index (Phi) is 5.71. The third-order valence-corrected chi connectivity index (χ3v) is 4.13. The molecule has 2 rings (SSSR count). The Morgan fingerprint density at radius 3 is 2.58 bits per heavy atom. The molecule has 1 fully saturated rings. The van der Waals surface area contributed by atoms with Gasteiger partial charge in [-0.15, -0.1) is 0 Å². The van der Waals surface area contributed by atoms with E-state index in [0.29, 0.717) is 12.1 Å². The minimum absolute atomic E-state index is 0.369. The molecule has 1 aromatic rings. The summed E-state index contributed by atoms with van der Waals surface area (Å²) < 4.78 is 5.59. The van der Waals surface area contributed by atoms with E-state index in [-0.39, 0.29) is 0 Å². The first-order valence-corrected chi connectivity index (χ1v) is 7.71. The molecule has 0 amide bonds. The average molecular weight is 261 g/mol. The van der Waals surface area contributed by atoms with Crippen LogP contribution in [0.4, 0.5) is 5.69 Å². The fraction of sp³-hybridized carbons (Fsp3) is 0.647. The SMILES string of the molecule is CCCCc1ccc(NC2CCCCC2OC)cc1. The number of anilines is 1. The highest BCUT2D eigenvalue weighted by molar-refractivity contribution is 5.45. The van der Waals surface area contributed by atoms with Gasteiger partial charge in [0.05, 0.1) is 12.1 Å². The predicted octanol–water partition coefficient (Wildman–Crippen LogP) is 4.40. The predicted molar refractivity (Wildman–Crippen MR) is 81.7 cm³/mol. The zero-order valence-electron chi connectivity index (χ0n) is 12.3. The number of hydrogen-bond acceptors (Lipinski definition) is 2. The van der Waals surface area contributed by atoms with Crippen LogP contribution in [0.15, 0.2) is 24.3 Å². The number of methoxy groups -OCH3 is 1. The van der Waals surface area contributed by atoms with Crippen molar-refractivity contribution in [3.8, 4) is 0 Å².